The van der Waals surface area contributed by atoms with E-state index < -0.39 is 0 Å². The largest absolute Gasteiger partial charge is 0.491 e. The van der Waals surface area contributed by atoms with Crippen molar-refractivity contribution in [1.29, 1.82) is 0 Å². The van der Waals surface area contributed by atoms with Crippen molar-refractivity contribution in [2.24, 2.45) is 0 Å². The summed E-state index contributed by atoms with van der Waals surface area (Å²) in [6.45, 7) is 40.5. The van der Waals surface area contributed by atoms with Crippen molar-refractivity contribution in [2.45, 2.75) is 187 Å². The van der Waals surface area contributed by atoms with Gasteiger partial charge in [-0.25, -0.2) is 4.98 Å². The molecule has 0 saturated heterocycles. The summed E-state index contributed by atoms with van der Waals surface area (Å²) in [7, 11) is 0. The van der Waals surface area contributed by atoms with Crippen LogP contribution in [0.1, 0.15) is 248 Å². The van der Waals surface area contributed by atoms with Gasteiger partial charge in [0.05, 0.1) is 23.9 Å². The van der Waals surface area contributed by atoms with Crippen molar-refractivity contribution >= 4 is 23.4 Å². The Labute approximate surface area is 399 Å². The maximum atomic E-state index is 11.9. The van der Waals surface area contributed by atoms with Crippen LogP contribution in [-0.2, 0) is 19.5 Å². The van der Waals surface area contributed by atoms with E-state index in [1.165, 1.54) is 22.3 Å². The Morgan fingerprint density at radius 2 is 1.09 bits per heavy atom. The van der Waals surface area contributed by atoms with Crippen LogP contribution in [0, 0.1) is 0 Å². The highest BCUT2D eigenvalue weighted by molar-refractivity contribution is 6.01. The van der Waals surface area contributed by atoms with Crippen molar-refractivity contribution in [2.75, 3.05) is 19.7 Å². The van der Waals surface area contributed by atoms with E-state index in [4.69, 9.17) is 4.74 Å². The second kappa shape index (κ2) is 30.1. The molecule has 0 radical (unpaired) electrons. The van der Waals surface area contributed by atoms with Gasteiger partial charge in [-0.3, -0.25) is 34.1 Å². The van der Waals surface area contributed by atoms with E-state index in [9.17, 15) is 19.2 Å². The van der Waals surface area contributed by atoms with Crippen molar-refractivity contribution in [3.05, 3.63) is 111 Å². The van der Waals surface area contributed by atoms with Gasteiger partial charge in [-0.2, -0.15) is 0 Å². The highest BCUT2D eigenvalue weighted by Gasteiger charge is 2.30. The molecule has 1 aliphatic carbocycles. The third-order valence-electron chi connectivity index (χ3n) is 11.0. The number of Topliss-reactive ketones (excluding diaryl/α,β-unsaturated/α-hetero) is 2. The van der Waals surface area contributed by atoms with Gasteiger partial charge in [0.15, 0.2) is 11.6 Å². The molecular weight excluding hydrogens is 825 g/mol. The number of amides is 2. The number of hydrogen-bond acceptors (Lipinski definition) is 9. The highest BCUT2D eigenvalue weighted by atomic mass is 16.5. The number of carbonyl (C=O) groups excluding carboxylic acids is 4. The minimum Gasteiger partial charge on any atom is -0.491 e. The van der Waals surface area contributed by atoms with Gasteiger partial charge >= 0.3 is 0 Å². The molecule has 66 heavy (non-hydrogen) atoms. The summed E-state index contributed by atoms with van der Waals surface area (Å²) >= 11 is 0. The number of ketones is 2. The van der Waals surface area contributed by atoms with Crippen LogP contribution in [-0.4, -0.2) is 72.8 Å². The lowest BCUT2D eigenvalue weighted by Gasteiger charge is -2.12. The summed E-state index contributed by atoms with van der Waals surface area (Å²) in [6.07, 6.45) is 11.8. The SMILES string of the molecule is CC.CC.CC.CC.CC(C)c1cc2c(cn1)OCCCC2=O.CC(C)c1cncc2c1CCC2=O.CCN1Cc2c(cncc2C(C)C)C1=O.CCN1Cc2ccc(C(C)C)nc2C1=O. The highest BCUT2D eigenvalue weighted by Crippen LogP contribution is 2.31. The molecule has 11 nitrogen and oxygen atoms in total. The monoisotopic (exact) mass is 909 g/mol. The maximum Gasteiger partial charge on any atom is 0.273 e. The molecular formula is C55H84N6O5. The number of pyridine rings is 4. The molecule has 4 aromatic rings. The van der Waals surface area contributed by atoms with Gasteiger partial charge in [-0.15, -0.1) is 0 Å². The van der Waals surface area contributed by atoms with Crippen molar-refractivity contribution < 1.29 is 23.9 Å². The Morgan fingerprint density at radius 1 is 0.561 bits per heavy atom. The van der Waals surface area contributed by atoms with Gasteiger partial charge in [0.25, 0.3) is 11.8 Å². The molecule has 8 rings (SSSR count). The van der Waals surface area contributed by atoms with E-state index in [2.05, 4.69) is 75.3 Å². The molecule has 7 heterocycles. The topological polar surface area (TPSA) is 136 Å². The molecule has 3 aliphatic heterocycles. The lowest BCUT2D eigenvalue weighted by atomic mass is 9.97. The first-order valence-electron chi connectivity index (χ1n) is 24.9. The Hall–Kier alpha value is -5.32. The summed E-state index contributed by atoms with van der Waals surface area (Å²) in [4.78, 5) is 67.6. The number of fused-ring (bicyclic) bond motifs is 4. The molecule has 0 aromatic carbocycles. The predicted octanol–water partition coefficient (Wildman–Crippen LogP) is 13.4. The van der Waals surface area contributed by atoms with Crippen molar-refractivity contribution in [1.82, 2.24) is 29.7 Å². The molecule has 364 valence electrons. The smallest absolute Gasteiger partial charge is 0.273 e. The molecule has 11 heteroatoms. The molecule has 0 fully saturated rings. The van der Waals surface area contributed by atoms with Crippen LogP contribution in [0.2, 0.25) is 0 Å². The van der Waals surface area contributed by atoms with Crippen LogP contribution >= 0.6 is 0 Å². The van der Waals surface area contributed by atoms with Crippen molar-refractivity contribution in [3.63, 3.8) is 0 Å². The number of ether oxygens (including phenoxy) is 1. The molecule has 0 bridgehead atoms. The van der Waals surface area contributed by atoms with Crippen LogP contribution in [0.15, 0.2) is 49.2 Å². The zero-order valence-corrected chi connectivity index (χ0v) is 44.0. The van der Waals surface area contributed by atoms with Crippen LogP contribution in [0.25, 0.3) is 0 Å². The Balaban J connectivity index is 0.000000418. The van der Waals surface area contributed by atoms with E-state index in [0.717, 1.165) is 67.1 Å². The summed E-state index contributed by atoms with van der Waals surface area (Å²) in [5.74, 6) is 2.88. The normalized spacial score (nSPS) is 13.7. The maximum absolute atomic E-state index is 11.9. The minimum absolute atomic E-state index is 0.0787. The molecule has 4 aromatic heterocycles. The van der Waals surface area contributed by atoms with Crippen LogP contribution in [0.4, 0.5) is 0 Å². The first-order valence-corrected chi connectivity index (χ1v) is 24.9. The van der Waals surface area contributed by atoms with E-state index >= 15 is 0 Å². The number of rotatable bonds is 6. The average Bonchev–Trinajstić information content (AvgIpc) is 3.96. The fourth-order valence-corrected chi connectivity index (χ4v) is 7.42. The van der Waals surface area contributed by atoms with Gasteiger partial charge in [0, 0.05) is 86.3 Å². The first-order chi connectivity index (χ1) is 31.7. The van der Waals surface area contributed by atoms with E-state index in [1.807, 2.05) is 110 Å². The van der Waals surface area contributed by atoms with E-state index in [0.29, 0.717) is 60.1 Å². The number of carbonyl (C=O) groups is 4. The Morgan fingerprint density at radius 3 is 1.64 bits per heavy atom. The van der Waals surface area contributed by atoms with Crippen LogP contribution in [0.5, 0.6) is 5.75 Å². The van der Waals surface area contributed by atoms with Gasteiger partial charge in [-0.1, -0.05) is 117 Å². The Bertz CT molecular complexity index is 2140. The van der Waals surface area contributed by atoms with Gasteiger partial charge in [0.1, 0.15) is 11.4 Å². The lowest BCUT2D eigenvalue weighted by molar-refractivity contribution is 0.0777. The minimum atomic E-state index is 0.0787. The van der Waals surface area contributed by atoms with Gasteiger partial charge in [0.2, 0.25) is 0 Å². The van der Waals surface area contributed by atoms with Gasteiger partial charge in [-0.05, 0) is 84.7 Å². The van der Waals surface area contributed by atoms with Crippen molar-refractivity contribution in [3.8, 4) is 5.75 Å². The molecule has 2 amide bonds. The predicted molar refractivity (Wildman–Crippen MR) is 271 cm³/mol. The molecule has 0 atom stereocenters. The fourth-order valence-electron chi connectivity index (χ4n) is 7.42. The standard InChI is InChI=1S/2C12H16N2O.C12H15NO2.C11H13NO.4C2H6/c1-4-14-7-11-9(8(2)3)5-13-6-10(11)12(14)15;1-4-14-7-9-5-6-10(8(2)3)13-11(9)12(14)15;1-8(2)10-6-9-11(14)4-3-5-15-12(9)7-13-10;1-7(2)9-5-12-6-10-8(9)3-4-11(10)13;4*1-2/h2*5-6,8H,4,7H2,1-3H3;6-8H,3-5H2,1-2H3;5-7H,3-4H2,1-2H3;4*1-2H3. The fraction of sp³-hybridized carbons (Fsp3) is 0.564. The zero-order chi connectivity index (χ0) is 50.3. The number of nitrogens with zero attached hydrogens (tertiary/aromatic N) is 6. The van der Waals surface area contributed by atoms with Crippen LogP contribution < -0.4 is 4.74 Å². The molecule has 0 N–H and O–H groups in total. The third kappa shape index (κ3) is 15.4. The first kappa shape index (κ1) is 58.7. The summed E-state index contributed by atoms with van der Waals surface area (Å²) in [6, 6.07) is 5.93. The second-order valence-electron chi connectivity index (χ2n) is 16.4. The number of hydrogen-bond donors (Lipinski definition) is 0. The quantitative estimate of drug-likeness (QED) is 0.185. The summed E-state index contributed by atoms with van der Waals surface area (Å²) < 4.78 is 5.47. The van der Waals surface area contributed by atoms with Gasteiger partial charge < -0.3 is 14.5 Å². The molecule has 0 unspecified atom stereocenters. The Kier molecular flexibility index (Phi) is 26.7. The number of aromatic nitrogens is 4. The summed E-state index contributed by atoms with van der Waals surface area (Å²) in [5, 5.41) is 0. The third-order valence-corrected chi connectivity index (χ3v) is 11.0. The zero-order valence-electron chi connectivity index (χ0n) is 44.0. The second-order valence-corrected chi connectivity index (χ2v) is 16.4. The van der Waals surface area contributed by atoms with E-state index in [1.54, 1.807) is 18.6 Å². The summed E-state index contributed by atoms with van der Waals surface area (Å²) in [5.41, 5.74) is 10.9. The van der Waals surface area contributed by atoms with Crippen LogP contribution in [0.3, 0.4) is 0 Å². The average molecular weight is 909 g/mol. The lowest BCUT2D eigenvalue weighted by Crippen LogP contribution is -2.23. The molecule has 0 saturated carbocycles. The molecule has 4 aliphatic rings. The molecule has 0 spiro atoms. The van der Waals surface area contributed by atoms with E-state index in [-0.39, 0.29) is 23.4 Å².